The Morgan fingerprint density at radius 1 is 0.424 bits per heavy atom. The normalized spacial score (nSPS) is 16.3. The first kappa shape index (κ1) is 84.2. The van der Waals surface area contributed by atoms with E-state index in [4.69, 9.17) is 14.5 Å². The third-order valence-electron chi connectivity index (χ3n) is 23.8. The van der Waals surface area contributed by atoms with E-state index in [1.807, 2.05) is 131 Å². The van der Waals surface area contributed by atoms with Crippen LogP contribution in [0.15, 0.2) is 225 Å². The summed E-state index contributed by atoms with van der Waals surface area (Å²) in [5.41, 5.74) is 9.93. The van der Waals surface area contributed by atoms with E-state index in [-0.39, 0.29) is 47.0 Å². The van der Waals surface area contributed by atoms with Gasteiger partial charge in [-0.2, -0.15) is 0 Å². The summed E-state index contributed by atoms with van der Waals surface area (Å²) in [5.74, 6) is 2.68. The topological polar surface area (TPSA) is 173 Å². The van der Waals surface area contributed by atoms with E-state index in [0.29, 0.717) is 49.8 Å². The highest BCUT2D eigenvalue weighted by Crippen LogP contribution is 2.35. The van der Waals surface area contributed by atoms with Crippen LogP contribution in [0.5, 0.6) is 11.5 Å². The Morgan fingerprint density at radius 2 is 0.814 bits per heavy atom. The number of β-amino-alcohol motifs (C(OH)–C–C–N with tert-alkyl or cyclic N) is 2. The molecule has 4 fully saturated rings. The average Bonchev–Trinajstić information content (AvgIpc) is 1.66. The molecule has 0 radical (unpaired) electrons. The SMILES string of the molecule is CC(=O)c1cn(CC(O)CN2CCC(Oc3ccc(F)cc3)CC2)c2ccccc12.CC(=O)c1cn(CC(O)CN2CCC(c3nc4ccccc4s3)CC2)c2ccccc12.CC(=O)c1cn(CCN2CCC(Cc3ccccc3)CC2)c2ccccc12.CCC(=O)c1cn(CCCN2CCC(Oc3ccc(F)cc3)CC2)c2ccccc12. The Bertz CT molecular complexity index is 5440. The van der Waals surface area contributed by atoms with Crippen LogP contribution >= 0.6 is 11.3 Å². The monoisotopic (exact) mass is 1610 g/mol. The minimum Gasteiger partial charge on any atom is -0.490 e. The summed E-state index contributed by atoms with van der Waals surface area (Å²) in [6.07, 6.45) is 18.3. The summed E-state index contributed by atoms with van der Waals surface area (Å²) in [5, 5.41) is 26.7. The predicted molar refractivity (Wildman–Crippen MR) is 469 cm³/mol. The van der Waals surface area contributed by atoms with E-state index in [9.17, 15) is 38.2 Å². The Morgan fingerprint density at radius 3 is 1.29 bits per heavy atom. The number of carbonyl (C=O) groups excluding carboxylic acids is 4. The van der Waals surface area contributed by atoms with Crippen molar-refractivity contribution in [1.82, 2.24) is 42.9 Å². The van der Waals surface area contributed by atoms with Gasteiger partial charge in [0.1, 0.15) is 35.3 Å². The molecule has 2 N–H and O–H groups in total. The minimum atomic E-state index is -0.532. The van der Waals surface area contributed by atoms with Gasteiger partial charge in [-0.15, -0.1) is 11.3 Å². The number of hydrogen-bond acceptors (Lipinski definition) is 14. The van der Waals surface area contributed by atoms with Gasteiger partial charge in [0.15, 0.2) is 23.1 Å². The van der Waals surface area contributed by atoms with E-state index < -0.39 is 12.2 Å². The van der Waals surface area contributed by atoms with Gasteiger partial charge in [-0.3, -0.25) is 19.2 Å². The summed E-state index contributed by atoms with van der Waals surface area (Å²) in [4.78, 5) is 62.7. The number of ether oxygens (including phenoxy) is 2. The number of para-hydroxylation sites is 5. The highest BCUT2D eigenvalue weighted by Gasteiger charge is 2.29. The number of fused-ring (bicyclic) bond motifs is 5. The maximum Gasteiger partial charge on any atom is 0.164 e. The number of piperidine rings is 4. The number of ketones is 4. The van der Waals surface area contributed by atoms with Crippen molar-refractivity contribution in [3.05, 3.63) is 269 Å². The van der Waals surface area contributed by atoms with Gasteiger partial charge in [0, 0.05) is 175 Å². The Kier molecular flexibility index (Phi) is 28.8. The molecule has 616 valence electrons. The minimum absolute atomic E-state index is 0.0302. The molecule has 17 rings (SSSR count). The Balaban J connectivity index is 0.000000129. The number of nitrogens with zero attached hydrogens (tertiary/aromatic N) is 9. The maximum atomic E-state index is 13.0. The number of likely N-dealkylation sites (tertiary alicyclic amines) is 4. The standard InChI is InChI=1S/C25H29FN2O2.C25H27N3O2S.C24H27FN2O3.C24H28N2O/c1-2-25(29)23-18-28(24-7-4-3-6-22(23)24)15-5-14-27-16-12-21(13-17-27)30-20-10-8-19(26)9-11-20;1-17(29)21-16-28(23-8-4-2-6-20(21)23)15-19(30)14-27-12-10-18(11-13-27)25-26-22-7-3-5-9-24(22)31-25;1-17(28)23-16-27(24-5-3-2-4-22(23)24)15-19(29)14-26-12-10-21(11-13-26)30-20-8-6-18(25)7-9-20;1-19(27)23-18-26(24-10-6-5-9-22(23)24)16-15-25-13-11-21(12-14-25)17-20-7-3-2-4-8-20/h3-4,6-11,18,21H,2,5,12-17H2,1H3;2-9,16,18-19,30H,10-15H2,1H3;2-9,16,19,21,29H,10-15H2,1H3;2-10,18,21H,11-17H2,1H3. The molecule has 20 heteroatoms. The molecular formula is C98H111F2N9O8S. The Labute approximate surface area is 695 Å². The number of halogens is 2. The lowest BCUT2D eigenvalue weighted by Gasteiger charge is -2.33. The predicted octanol–water partition coefficient (Wildman–Crippen LogP) is 18.7. The van der Waals surface area contributed by atoms with Crippen LogP contribution in [0.4, 0.5) is 8.78 Å². The fourth-order valence-electron chi connectivity index (χ4n) is 17.5. The number of rotatable bonds is 27. The fourth-order valence-corrected chi connectivity index (χ4v) is 18.6. The molecule has 0 saturated carbocycles. The van der Waals surface area contributed by atoms with Gasteiger partial charge in [0.2, 0.25) is 0 Å². The van der Waals surface area contributed by atoms with Crippen molar-refractivity contribution in [2.75, 3.05) is 78.5 Å². The molecule has 0 aliphatic carbocycles. The van der Waals surface area contributed by atoms with Crippen LogP contribution in [0.1, 0.15) is 150 Å². The van der Waals surface area contributed by atoms with Gasteiger partial charge in [0.05, 0.1) is 27.4 Å². The van der Waals surface area contributed by atoms with E-state index >= 15 is 0 Å². The second-order valence-corrected chi connectivity index (χ2v) is 33.4. The highest BCUT2D eigenvalue weighted by atomic mass is 32.1. The number of thiazole rings is 1. The van der Waals surface area contributed by atoms with Crippen LogP contribution < -0.4 is 9.47 Å². The van der Waals surface area contributed by atoms with Crippen molar-refractivity contribution in [2.45, 2.75) is 155 Å². The number of Topliss-reactive ketones (excluding diaryl/α,β-unsaturated/α-hetero) is 4. The second kappa shape index (κ2) is 40.4. The molecule has 2 unspecified atom stereocenters. The summed E-state index contributed by atoms with van der Waals surface area (Å²) in [6, 6.07) is 63.7. The van der Waals surface area contributed by atoms with Crippen LogP contribution in [0.3, 0.4) is 0 Å². The van der Waals surface area contributed by atoms with Crippen molar-refractivity contribution in [3.63, 3.8) is 0 Å². The van der Waals surface area contributed by atoms with Crippen LogP contribution in [0.2, 0.25) is 0 Å². The van der Waals surface area contributed by atoms with E-state index in [1.54, 1.807) is 45.0 Å². The van der Waals surface area contributed by atoms with Crippen molar-refractivity contribution < 1.29 is 47.6 Å². The van der Waals surface area contributed by atoms with Crippen LogP contribution in [-0.2, 0) is 32.6 Å². The van der Waals surface area contributed by atoms with Gasteiger partial charge in [-0.05, 0) is 214 Å². The maximum absolute atomic E-state index is 13.0. The van der Waals surface area contributed by atoms with E-state index in [0.717, 1.165) is 182 Å². The molecule has 13 aromatic rings. The summed E-state index contributed by atoms with van der Waals surface area (Å²) < 4.78 is 47.7. The van der Waals surface area contributed by atoms with Crippen molar-refractivity contribution in [3.8, 4) is 11.5 Å². The molecule has 8 aromatic carbocycles. The summed E-state index contributed by atoms with van der Waals surface area (Å²) in [7, 11) is 0. The molecule has 4 aliphatic rings. The molecule has 0 spiro atoms. The largest absolute Gasteiger partial charge is 0.490 e. The van der Waals surface area contributed by atoms with Crippen LogP contribution in [0, 0.1) is 17.6 Å². The quantitative estimate of drug-likeness (QED) is 0.0466. The molecule has 5 aromatic heterocycles. The molecule has 118 heavy (non-hydrogen) atoms. The van der Waals surface area contributed by atoms with Gasteiger partial charge >= 0.3 is 0 Å². The third-order valence-corrected chi connectivity index (χ3v) is 25.0. The number of aromatic nitrogens is 5. The number of carbonyl (C=O) groups is 4. The van der Waals surface area contributed by atoms with Crippen molar-refractivity contribution in [2.24, 2.45) is 5.92 Å². The van der Waals surface area contributed by atoms with E-state index in [2.05, 4.69) is 102 Å². The zero-order chi connectivity index (χ0) is 82.0. The molecular weight excluding hydrogens is 1500 g/mol. The lowest BCUT2D eigenvalue weighted by atomic mass is 9.90. The molecule has 17 nitrogen and oxygen atoms in total. The van der Waals surface area contributed by atoms with Gasteiger partial charge < -0.3 is 57.6 Å². The molecule has 0 bridgehead atoms. The molecule has 0 amide bonds. The van der Waals surface area contributed by atoms with Crippen molar-refractivity contribution in [1.29, 1.82) is 0 Å². The molecule has 2 atom stereocenters. The Hall–Kier alpha value is -10.3. The zero-order valence-corrected chi connectivity index (χ0v) is 69.3. The van der Waals surface area contributed by atoms with Crippen molar-refractivity contribution >= 4 is 88.3 Å². The molecule has 9 heterocycles. The van der Waals surface area contributed by atoms with Gasteiger partial charge in [0.25, 0.3) is 0 Å². The van der Waals surface area contributed by atoms with Crippen LogP contribution in [-0.4, -0.2) is 179 Å². The van der Waals surface area contributed by atoms with Crippen LogP contribution in [0.25, 0.3) is 53.8 Å². The second-order valence-electron chi connectivity index (χ2n) is 32.3. The number of hydrogen-bond donors (Lipinski definition) is 2. The number of benzene rings is 8. The zero-order valence-electron chi connectivity index (χ0n) is 68.5. The lowest BCUT2D eigenvalue weighted by molar-refractivity contribution is 0.0553. The smallest absolute Gasteiger partial charge is 0.164 e. The first-order valence-corrected chi connectivity index (χ1v) is 43.1. The lowest BCUT2D eigenvalue weighted by Crippen LogP contribution is -2.42. The highest BCUT2D eigenvalue weighted by molar-refractivity contribution is 7.18. The number of aliphatic hydroxyl groups is 2. The summed E-state index contributed by atoms with van der Waals surface area (Å²) >= 11 is 1.82. The fraction of sp³-hybridized carbons (Fsp3) is 0.378. The average molecular weight is 1610 g/mol. The van der Waals surface area contributed by atoms with Gasteiger partial charge in [-0.25, -0.2) is 13.8 Å². The first-order valence-electron chi connectivity index (χ1n) is 42.3. The number of aliphatic hydroxyl groups excluding tert-OH is 2. The first-order chi connectivity index (χ1) is 57.4. The molecule has 4 aliphatic heterocycles. The van der Waals surface area contributed by atoms with E-state index in [1.165, 1.54) is 77.4 Å². The molecule has 4 saturated heterocycles. The summed E-state index contributed by atoms with van der Waals surface area (Å²) in [6.45, 7) is 20.8. The van der Waals surface area contributed by atoms with Gasteiger partial charge in [-0.1, -0.05) is 122 Å². The number of aryl methyl sites for hydroxylation is 1. The third kappa shape index (κ3) is 22.0.